The van der Waals surface area contributed by atoms with E-state index >= 15 is 0 Å². The van der Waals surface area contributed by atoms with Crippen LogP contribution in [-0.4, -0.2) is 27.7 Å². The van der Waals surface area contributed by atoms with Crippen LogP contribution in [0.5, 0.6) is 5.75 Å². The van der Waals surface area contributed by atoms with E-state index in [1.54, 1.807) is 17.7 Å². The normalized spacial score (nSPS) is 11.3. The Morgan fingerprint density at radius 1 is 1.27 bits per heavy atom. The van der Waals surface area contributed by atoms with Crippen molar-refractivity contribution >= 4 is 28.9 Å². The minimum Gasteiger partial charge on any atom is -0.497 e. The summed E-state index contributed by atoms with van der Waals surface area (Å²) < 4.78 is 7.02. The van der Waals surface area contributed by atoms with Gasteiger partial charge in [-0.3, -0.25) is 0 Å². The maximum atomic E-state index is 6.41. The SMILES string of the molecule is CCC(CC)Nc1c(C)c(N)nc2cc(-c3ccc(OC)cc3Cl)nn12. The zero-order valence-electron chi connectivity index (χ0n) is 15.5. The first-order valence-electron chi connectivity index (χ1n) is 8.74. The van der Waals surface area contributed by atoms with Crippen LogP contribution < -0.4 is 15.8 Å². The smallest absolute Gasteiger partial charge is 0.160 e. The summed E-state index contributed by atoms with van der Waals surface area (Å²) in [7, 11) is 1.61. The molecule has 3 aromatic rings. The molecule has 7 heteroatoms. The third-order valence-corrected chi connectivity index (χ3v) is 4.97. The van der Waals surface area contributed by atoms with Gasteiger partial charge in [0.1, 0.15) is 17.4 Å². The van der Waals surface area contributed by atoms with E-state index in [0.717, 1.165) is 35.5 Å². The molecule has 138 valence electrons. The van der Waals surface area contributed by atoms with E-state index < -0.39 is 0 Å². The number of hydrogen-bond donors (Lipinski definition) is 2. The van der Waals surface area contributed by atoms with Crippen molar-refractivity contribution in [2.24, 2.45) is 0 Å². The Balaban J connectivity index is 2.14. The highest BCUT2D eigenvalue weighted by Gasteiger charge is 2.17. The largest absolute Gasteiger partial charge is 0.497 e. The molecule has 0 bridgehead atoms. The molecule has 3 rings (SSSR count). The van der Waals surface area contributed by atoms with Crippen molar-refractivity contribution in [1.29, 1.82) is 0 Å². The second-order valence-electron chi connectivity index (χ2n) is 6.27. The Labute approximate surface area is 158 Å². The van der Waals surface area contributed by atoms with Gasteiger partial charge in [0.15, 0.2) is 5.65 Å². The Bertz CT molecular complexity index is 933. The van der Waals surface area contributed by atoms with Gasteiger partial charge in [-0.25, -0.2) is 4.98 Å². The Morgan fingerprint density at radius 3 is 2.62 bits per heavy atom. The Morgan fingerprint density at radius 2 is 2.00 bits per heavy atom. The van der Waals surface area contributed by atoms with Gasteiger partial charge in [0.05, 0.1) is 17.8 Å². The van der Waals surface area contributed by atoms with Gasteiger partial charge < -0.3 is 15.8 Å². The molecule has 0 fully saturated rings. The Hall–Kier alpha value is -2.47. The molecule has 26 heavy (non-hydrogen) atoms. The summed E-state index contributed by atoms with van der Waals surface area (Å²) in [5.41, 5.74) is 9.26. The number of methoxy groups -OCH3 is 1. The quantitative estimate of drug-likeness (QED) is 0.662. The summed E-state index contributed by atoms with van der Waals surface area (Å²) in [6.45, 7) is 6.27. The molecule has 2 heterocycles. The predicted octanol–water partition coefficient (Wildman–Crippen LogP) is 4.55. The summed E-state index contributed by atoms with van der Waals surface area (Å²) >= 11 is 6.41. The van der Waals surface area contributed by atoms with E-state index in [4.69, 9.17) is 27.2 Å². The first kappa shape index (κ1) is 18.3. The van der Waals surface area contributed by atoms with Crippen LogP contribution in [0.2, 0.25) is 5.02 Å². The van der Waals surface area contributed by atoms with Crippen LogP contribution in [-0.2, 0) is 0 Å². The van der Waals surface area contributed by atoms with Gasteiger partial charge in [0.25, 0.3) is 0 Å². The number of aromatic nitrogens is 3. The molecule has 2 aromatic heterocycles. The average Bonchev–Trinajstić information content (AvgIpc) is 3.05. The molecule has 0 atom stereocenters. The van der Waals surface area contributed by atoms with Crippen LogP contribution in [0.15, 0.2) is 24.3 Å². The highest BCUT2D eigenvalue weighted by Crippen LogP contribution is 2.32. The molecule has 6 nitrogen and oxygen atoms in total. The van der Waals surface area contributed by atoms with Crippen molar-refractivity contribution < 1.29 is 4.74 Å². The first-order valence-corrected chi connectivity index (χ1v) is 9.12. The van der Waals surface area contributed by atoms with Gasteiger partial charge in [0.2, 0.25) is 0 Å². The van der Waals surface area contributed by atoms with Crippen LogP contribution in [0, 0.1) is 6.92 Å². The highest BCUT2D eigenvalue weighted by molar-refractivity contribution is 6.33. The van der Waals surface area contributed by atoms with Crippen molar-refractivity contribution in [2.75, 3.05) is 18.2 Å². The van der Waals surface area contributed by atoms with Gasteiger partial charge in [-0.05, 0) is 38.0 Å². The number of nitrogens with one attached hydrogen (secondary N) is 1. The molecular weight excluding hydrogens is 350 g/mol. The fourth-order valence-electron chi connectivity index (χ4n) is 2.92. The maximum Gasteiger partial charge on any atom is 0.160 e. The zero-order valence-corrected chi connectivity index (χ0v) is 16.3. The first-order chi connectivity index (χ1) is 12.5. The summed E-state index contributed by atoms with van der Waals surface area (Å²) in [5.74, 6) is 2.08. The fourth-order valence-corrected chi connectivity index (χ4v) is 3.19. The van der Waals surface area contributed by atoms with Crippen LogP contribution >= 0.6 is 11.6 Å². The molecule has 0 saturated carbocycles. The average molecular weight is 374 g/mol. The van der Waals surface area contributed by atoms with E-state index in [2.05, 4.69) is 24.1 Å². The van der Waals surface area contributed by atoms with E-state index in [9.17, 15) is 0 Å². The lowest BCUT2D eigenvalue weighted by molar-refractivity contribution is 0.415. The summed E-state index contributed by atoms with van der Waals surface area (Å²) in [4.78, 5) is 4.47. The van der Waals surface area contributed by atoms with Gasteiger partial charge >= 0.3 is 0 Å². The summed E-state index contributed by atoms with van der Waals surface area (Å²) in [6.07, 6.45) is 2.02. The lowest BCUT2D eigenvalue weighted by Crippen LogP contribution is -2.21. The van der Waals surface area contributed by atoms with Crippen molar-refractivity contribution in [3.8, 4) is 17.0 Å². The monoisotopic (exact) mass is 373 g/mol. The van der Waals surface area contributed by atoms with E-state index in [1.165, 1.54) is 0 Å². The lowest BCUT2D eigenvalue weighted by Gasteiger charge is -2.19. The van der Waals surface area contributed by atoms with Gasteiger partial charge in [-0.2, -0.15) is 9.61 Å². The van der Waals surface area contributed by atoms with Crippen molar-refractivity contribution in [1.82, 2.24) is 14.6 Å². The molecule has 0 aliphatic rings. The van der Waals surface area contributed by atoms with Crippen molar-refractivity contribution in [2.45, 2.75) is 39.7 Å². The number of nitrogen functional groups attached to an aromatic ring is 1. The molecule has 0 amide bonds. The minimum absolute atomic E-state index is 0.343. The molecule has 0 aliphatic carbocycles. The molecule has 0 aliphatic heterocycles. The minimum atomic E-state index is 0.343. The van der Waals surface area contributed by atoms with Crippen molar-refractivity contribution in [3.05, 3.63) is 34.9 Å². The van der Waals surface area contributed by atoms with Crippen LogP contribution in [0.25, 0.3) is 16.9 Å². The number of nitrogens with two attached hydrogens (primary N) is 1. The lowest BCUT2D eigenvalue weighted by atomic mass is 10.1. The predicted molar refractivity (Wildman–Crippen MR) is 107 cm³/mol. The molecule has 0 radical (unpaired) electrons. The fraction of sp³-hybridized carbons (Fsp3) is 0.368. The number of anilines is 2. The maximum absolute atomic E-state index is 6.41. The third kappa shape index (κ3) is 3.29. The van der Waals surface area contributed by atoms with Crippen LogP contribution in [0.3, 0.4) is 0 Å². The second-order valence-corrected chi connectivity index (χ2v) is 6.68. The third-order valence-electron chi connectivity index (χ3n) is 4.66. The van der Waals surface area contributed by atoms with Crippen molar-refractivity contribution in [3.63, 3.8) is 0 Å². The molecule has 0 saturated heterocycles. The van der Waals surface area contributed by atoms with Gasteiger partial charge in [-0.1, -0.05) is 25.4 Å². The standard InChI is InChI=1S/C19H24ClN5O/c1-5-12(6-2)22-19-11(3)18(21)23-17-10-16(24-25(17)19)14-8-7-13(26-4)9-15(14)20/h7-10,12,22H,5-6H2,1-4H3,(H2,21,23). The van der Waals surface area contributed by atoms with Gasteiger partial charge in [-0.15, -0.1) is 0 Å². The number of halogens is 1. The molecular formula is C19H24ClN5O. The zero-order chi connectivity index (χ0) is 18.8. The number of nitrogens with zero attached hydrogens (tertiary/aromatic N) is 3. The summed E-state index contributed by atoms with van der Waals surface area (Å²) in [6, 6.07) is 7.77. The topological polar surface area (TPSA) is 77.5 Å². The molecule has 0 spiro atoms. The summed E-state index contributed by atoms with van der Waals surface area (Å²) in [5, 5.41) is 8.87. The molecule has 3 N–H and O–H groups in total. The Kier molecular flexibility index (Phi) is 5.23. The van der Waals surface area contributed by atoms with Gasteiger partial charge in [0, 0.05) is 23.2 Å². The number of ether oxygens (including phenoxy) is 1. The highest BCUT2D eigenvalue weighted by atomic mass is 35.5. The number of fused-ring (bicyclic) bond motifs is 1. The number of benzene rings is 1. The van der Waals surface area contributed by atoms with Crippen LogP contribution in [0.1, 0.15) is 32.3 Å². The van der Waals surface area contributed by atoms with E-state index in [-0.39, 0.29) is 0 Å². The van der Waals surface area contributed by atoms with Crippen LogP contribution in [0.4, 0.5) is 11.6 Å². The van der Waals surface area contributed by atoms with E-state index in [1.807, 2.05) is 25.1 Å². The van der Waals surface area contributed by atoms with E-state index in [0.29, 0.717) is 28.3 Å². The molecule has 1 aromatic carbocycles. The molecule has 0 unspecified atom stereocenters. The second kappa shape index (κ2) is 7.41. The number of hydrogen-bond acceptors (Lipinski definition) is 5. The number of rotatable bonds is 6.